The van der Waals surface area contributed by atoms with Gasteiger partial charge in [-0.2, -0.15) is 0 Å². The van der Waals surface area contributed by atoms with Crippen LogP contribution in [0, 0.1) is 0 Å². The van der Waals surface area contributed by atoms with Gasteiger partial charge in [-0.25, -0.2) is 4.79 Å². The van der Waals surface area contributed by atoms with Crippen molar-refractivity contribution in [2.45, 2.75) is 6.92 Å². The Kier molecular flexibility index (Phi) is 2.60. The highest BCUT2D eigenvalue weighted by molar-refractivity contribution is 6.38. The van der Waals surface area contributed by atoms with Crippen LogP contribution in [0.25, 0.3) is 11.0 Å². The van der Waals surface area contributed by atoms with E-state index in [-0.39, 0.29) is 23.6 Å². The minimum Gasteiger partial charge on any atom is -0.508 e. The zero-order chi connectivity index (χ0) is 11.7. The van der Waals surface area contributed by atoms with E-state index in [1.165, 1.54) is 18.2 Å². The van der Waals surface area contributed by atoms with E-state index in [1.807, 2.05) is 0 Å². The van der Waals surface area contributed by atoms with E-state index in [2.05, 4.69) is 0 Å². The first-order chi connectivity index (χ1) is 7.61. The number of hydrogen-bond donors (Lipinski definition) is 1. The Morgan fingerprint density at radius 2 is 2.25 bits per heavy atom. The summed E-state index contributed by atoms with van der Waals surface area (Å²) in [5.41, 5.74) is 0.659. The molecule has 0 saturated heterocycles. The zero-order valence-electron chi connectivity index (χ0n) is 8.69. The number of rotatable bonds is 2. The number of phenolic OH excluding ortho intramolecular Hbond substituents is 1. The molecule has 1 N–H and O–H groups in total. The van der Waals surface area contributed by atoms with E-state index in [1.54, 1.807) is 6.92 Å². The maximum atomic E-state index is 11.4. The van der Waals surface area contributed by atoms with Crippen LogP contribution in [0.4, 0.5) is 0 Å². The predicted molar refractivity (Wildman–Crippen MR) is 59.2 cm³/mol. The lowest BCUT2D eigenvalue weighted by Crippen LogP contribution is -2.03. The molecular formula is C11H9BO4. The van der Waals surface area contributed by atoms with Gasteiger partial charge in [0.25, 0.3) is 0 Å². The maximum Gasteiger partial charge on any atom is 0.374 e. The monoisotopic (exact) mass is 216 g/mol. The van der Waals surface area contributed by atoms with Crippen molar-refractivity contribution >= 4 is 30.2 Å². The first kappa shape index (κ1) is 10.6. The van der Waals surface area contributed by atoms with E-state index in [9.17, 15) is 9.90 Å². The first-order valence-electron chi connectivity index (χ1n) is 4.81. The van der Waals surface area contributed by atoms with Crippen molar-refractivity contribution in [3.63, 3.8) is 0 Å². The number of carbonyl (C=O) groups excluding carboxylic acids is 1. The van der Waals surface area contributed by atoms with Crippen LogP contribution in [0.3, 0.4) is 0 Å². The zero-order valence-corrected chi connectivity index (χ0v) is 8.69. The maximum absolute atomic E-state index is 11.4. The number of furan rings is 1. The standard InChI is InChI=1S/C11H9BO4/c1-2-15-11(14)9-4-6-3-7(13)5-8(12)10(6)16-9/h3-5,13H,2H2,1H3. The van der Waals surface area contributed by atoms with Crippen LogP contribution in [-0.2, 0) is 4.74 Å². The molecule has 2 aromatic rings. The molecule has 16 heavy (non-hydrogen) atoms. The summed E-state index contributed by atoms with van der Waals surface area (Å²) in [5.74, 6) is -0.437. The van der Waals surface area contributed by atoms with Crippen LogP contribution in [0.1, 0.15) is 17.5 Å². The summed E-state index contributed by atoms with van der Waals surface area (Å²) >= 11 is 0. The van der Waals surface area contributed by atoms with Crippen LogP contribution >= 0.6 is 0 Å². The molecule has 0 fully saturated rings. The molecule has 4 nitrogen and oxygen atoms in total. The average molecular weight is 216 g/mol. The molecule has 0 unspecified atom stereocenters. The molecule has 0 aliphatic carbocycles. The quantitative estimate of drug-likeness (QED) is 0.603. The van der Waals surface area contributed by atoms with Gasteiger partial charge in [-0.3, -0.25) is 0 Å². The van der Waals surface area contributed by atoms with Crippen LogP contribution in [0.15, 0.2) is 22.6 Å². The lowest BCUT2D eigenvalue weighted by Gasteiger charge is -1.97. The molecule has 0 amide bonds. The van der Waals surface area contributed by atoms with Crippen molar-refractivity contribution in [2.75, 3.05) is 6.61 Å². The molecular weight excluding hydrogens is 207 g/mol. The molecule has 0 aliphatic rings. The fourth-order valence-electron chi connectivity index (χ4n) is 1.47. The third kappa shape index (κ3) is 1.76. The minimum absolute atomic E-state index is 0.0289. The topological polar surface area (TPSA) is 59.7 Å². The Hall–Kier alpha value is -1.91. The second-order valence-corrected chi connectivity index (χ2v) is 3.28. The Bertz CT molecular complexity index is 544. The second kappa shape index (κ2) is 3.92. The van der Waals surface area contributed by atoms with Crippen LogP contribution in [-0.4, -0.2) is 25.5 Å². The van der Waals surface area contributed by atoms with Crippen LogP contribution in [0.2, 0.25) is 0 Å². The SMILES string of the molecule is [B]c1cc(O)cc2cc(C(=O)OCC)oc12. The van der Waals surface area contributed by atoms with Gasteiger partial charge in [0.1, 0.15) is 19.2 Å². The summed E-state index contributed by atoms with van der Waals surface area (Å²) in [6, 6.07) is 4.32. The van der Waals surface area contributed by atoms with Crippen molar-refractivity contribution < 1.29 is 19.1 Å². The van der Waals surface area contributed by atoms with Crippen molar-refractivity contribution in [1.82, 2.24) is 0 Å². The molecule has 1 aromatic carbocycles. The fraction of sp³-hybridized carbons (Fsp3) is 0.182. The lowest BCUT2D eigenvalue weighted by molar-refractivity contribution is 0.0493. The number of esters is 1. The van der Waals surface area contributed by atoms with Gasteiger partial charge in [0.2, 0.25) is 5.76 Å². The lowest BCUT2D eigenvalue weighted by atomic mass is 9.94. The van der Waals surface area contributed by atoms with Crippen molar-refractivity contribution in [1.29, 1.82) is 0 Å². The Labute approximate surface area is 93.2 Å². The molecule has 5 heteroatoms. The Morgan fingerprint density at radius 1 is 1.50 bits per heavy atom. The molecule has 0 spiro atoms. The van der Waals surface area contributed by atoms with Crippen molar-refractivity contribution in [3.8, 4) is 5.75 Å². The minimum atomic E-state index is -0.544. The van der Waals surface area contributed by atoms with E-state index >= 15 is 0 Å². The van der Waals surface area contributed by atoms with Crippen molar-refractivity contribution in [3.05, 3.63) is 24.0 Å². The van der Waals surface area contributed by atoms with E-state index < -0.39 is 5.97 Å². The van der Waals surface area contributed by atoms with E-state index in [0.717, 1.165) is 0 Å². The number of fused-ring (bicyclic) bond motifs is 1. The van der Waals surface area contributed by atoms with Crippen molar-refractivity contribution in [2.24, 2.45) is 0 Å². The molecule has 80 valence electrons. The fourth-order valence-corrected chi connectivity index (χ4v) is 1.47. The highest BCUT2D eigenvalue weighted by Crippen LogP contribution is 2.22. The number of hydrogen-bond acceptors (Lipinski definition) is 4. The normalized spacial score (nSPS) is 10.6. The Morgan fingerprint density at radius 3 is 2.94 bits per heavy atom. The predicted octanol–water partition coefficient (Wildman–Crippen LogP) is 1.11. The van der Waals surface area contributed by atoms with Crippen LogP contribution < -0.4 is 5.46 Å². The van der Waals surface area contributed by atoms with Gasteiger partial charge >= 0.3 is 5.97 Å². The molecule has 0 saturated carbocycles. The van der Waals surface area contributed by atoms with E-state index in [4.69, 9.17) is 17.0 Å². The molecule has 2 rings (SSSR count). The molecule has 0 aliphatic heterocycles. The second-order valence-electron chi connectivity index (χ2n) is 3.28. The summed E-state index contributed by atoms with van der Waals surface area (Å²) in [4.78, 5) is 11.4. The summed E-state index contributed by atoms with van der Waals surface area (Å²) in [7, 11) is 5.64. The highest BCUT2D eigenvalue weighted by atomic mass is 16.5. The van der Waals surface area contributed by atoms with Gasteiger partial charge in [0.05, 0.1) is 6.61 Å². The largest absolute Gasteiger partial charge is 0.508 e. The first-order valence-corrected chi connectivity index (χ1v) is 4.81. The number of carbonyl (C=O) groups is 1. The smallest absolute Gasteiger partial charge is 0.374 e. The number of benzene rings is 1. The number of aromatic hydroxyl groups is 1. The summed E-state index contributed by atoms with van der Waals surface area (Å²) in [5, 5.41) is 9.89. The third-order valence-corrected chi connectivity index (χ3v) is 2.11. The van der Waals surface area contributed by atoms with Gasteiger partial charge in [-0.1, -0.05) is 5.46 Å². The number of phenols is 1. The van der Waals surface area contributed by atoms with Gasteiger partial charge < -0.3 is 14.3 Å². The summed E-state index contributed by atoms with van der Waals surface area (Å²) in [6.07, 6.45) is 0. The molecule has 1 heterocycles. The molecule has 0 bridgehead atoms. The molecule has 2 radical (unpaired) electrons. The highest BCUT2D eigenvalue weighted by Gasteiger charge is 2.14. The third-order valence-electron chi connectivity index (χ3n) is 2.11. The average Bonchev–Trinajstić information content (AvgIpc) is 2.62. The van der Waals surface area contributed by atoms with Gasteiger partial charge in [-0.15, -0.1) is 0 Å². The molecule has 1 aromatic heterocycles. The number of ether oxygens (including phenoxy) is 1. The van der Waals surface area contributed by atoms with Crippen LogP contribution in [0.5, 0.6) is 5.75 Å². The summed E-state index contributed by atoms with van der Waals surface area (Å²) in [6.45, 7) is 1.98. The van der Waals surface area contributed by atoms with Gasteiger partial charge in [0.15, 0.2) is 0 Å². The Balaban J connectivity index is 2.51. The summed E-state index contributed by atoms with van der Waals surface area (Å²) < 4.78 is 10.0. The van der Waals surface area contributed by atoms with Gasteiger partial charge in [0, 0.05) is 5.39 Å². The van der Waals surface area contributed by atoms with E-state index in [0.29, 0.717) is 11.0 Å². The van der Waals surface area contributed by atoms with Gasteiger partial charge in [-0.05, 0) is 25.1 Å². The molecule has 0 atom stereocenters.